The minimum Gasteiger partial charge on any atom is -0.493 e. The van der Waals surface area contributed by atoms with Gasteiger partial charge in [-0.15, -0.1) is 0 Å². The Morgan fingerprint density at radius 2 is 1.77 bits per heavy atom. The molecule has 8 heteroatoms. The van der Waals surface area contributed by atoms with Gasteiger partial charge in [0.2, 0.25) is 11.8 Å². The molecule has 1 aliphatic rings. The second-order valence-electron chi connectivity index (χ2n) is 7.33. The zero-order chi connectivity index (χ0) is 22.4. The molecule has 0 bridgehead atoms. The van der Waals surface area contributed by atoms with Gasteiger partial charge in [0, 0.05) is 37.8 Å². The summed E-state index contributed by atoms with van der Waals surface area (Å²) in [6.07, 6.45) is 0.843. The lowest BCUT2D eigenvalue weighted by molar-refractivity contribution is -0.128. The topological polar surface area (TPSA) is 97.0 Å². The van der Waals surface area contributed by atoms with Crippen LogP contribution in [0.5, 0.6) is 11.5 Å². The van der Waals surface area contributed by atoms with Gasteiger partial charge in [-0.3, -0.25) is 14.4 Å². The van der Waals surface area contributed by atoms with Crippen LogP contribution in [0.4, 0.5) is 5.69 Å². The number of methoxy groups -OCH3 is 2. The molecule has 1 heterocycles. The van der Waals surface area contributed by atoms with Crippen molar-refractivity contribution in [2.24, 2.45) is 5.92 Å². The van der Waals surface area contributed by atoms with Gasteiger partial charge in [-0.1, -0.05) is 6.07 Å². The number of rotatable bonds is 8. The van der Waals surface area contributed by atoms with Crippen LogP contribution in [0.1, 0.15) is 22.3 Å². The Labute approximate surface area is 181 Å². The first-order valence-corrected chi connectivity index (χ1v) is 10.1. The van der Waals surface area contributed by atoms with Crippen LogP contribution in [0, 0.1) is 5.92 Å². The zero-order valence-corrected chi connectivity index (χ0v) is 17.9. The highest BCUT2D eigenvalue weighted by atomic mass is 16.5. The third kappa shape index (κ3) is 5.33. The van der Waals surface area contributed by atoms with E-state index >= 15 is 0 Å². The van der Waals surface area contributed by atoms with Crippen LogP contribution in [-0.2, 0) is 16.0 Å². The van der Waals surface area contributed by atoms with Crippen LogP contribution >= 0.6 is 0 Å². The lowest BCUT2D eigenvalue weighted by atomic mass is 10.1. The normalized spacial score (nSPS) is 15.5. The maximum atomic E-state index is 12.6. The van der Waals surface area contributed by atoms with Crippen molar-refractivity contribution in [3.63, 3.8) is 0 Å². The smallest absolute Gasteiger partial charge is 0.251 e. The number of hydrogen-bond acceptors (Lipinski definition) is 5. The first-order chi connectivity index (χ1) is 14.9. The summed E-state index contributed by atoms with van der Waals surface area (Å²) in [5.74, 6) is 0.474. The van der Waals surface area contributed by atoms with Crippen molar-refractivity contribution in [2.75, 3.05) is 39.7 Å². The Morgan fingerprint density at radius 3 is 2.42 bits per heavy atom. The fourth-order valence-corrected chi connectivity index (χ4v) is 3.56. The molecule has 0 saturated carbocycles. The van der Waals surface area contributed by atoms with Gasteiger partial charge in [0.1, 0.15) is 0 Å². The third-order valence-corrected chi connectivity index (χ3v) is 5.35. The number of likely N-dealkylation sites (tertiary alicyclic amines) is 1. The SMILES string of the molecule is CNC(=O)c1ccc(NC(=O)[C@@H]2CC(=O)N(CCc3ccc(OC)c(OC)c3)C2)cc1. The molecule has 2 aromatic rings. The fraction of sp³-hybridized carbons (Fsp3) is 0.348. The fourth-order valence-electron chi connectivity index (χ4n) is 3.56. The van der Waals surface area contributed by atoms with Crippen LogP contribution in [0.3, 0.4) is 0 Å². The second kappa shape index (κ2) is 9.97. The van der Waals surface area contributed by atoms with Crippen LogP contribution in [0.2, 0.25) is 0 Å². The minimum atomic E-state index is -0.406. The highest BCUT2D eigenvalue weighted by Crippen LogP contribution is 2.28. The van der Waals surface area contributed by atoms with Crippen molar-refractivity contribution in [1.29, 1.82) is 0 Å². The summed E-state index contributed by atoms with van der Waals surface area (Å²) in [7, 11) is 4.73. The number of carbonyl (C=O) groups is 3. The van der Waals surface area contributed by atoms with Crippen molar-refractivity contribution in [3.8, 4) is 11.5 Å². The van der Waals surface area contributed by atoms with E-state index in [1.165, 1.54) is 0 Å². The molecule has 0 radical (unpaired) electrons. The van der Waals surface area contributed by atoms with Crippen molar-refractivity contribution in [3.05, 3.63) is 53.6 Å². The highest BCUT2D eigenvalue weighted by Gasteiger charge is 2.34. The Bertz CT molecular complexity index is 958. The molecule has 164 valence electrons. The summed E-state index contributed by atoms with van der Waals surface area (Å²) in [6, 6.07) is 12.3. The van der Waals surface area contributed by atoms with Gasteiger partial charge in [0.25, 0.3) is 5.91 Å². The average molecular weight is 425 g/mol. The molecule has 2 N–H and O–H groups in total. The lowest BCUT2D eigenvalue weighted by Gasteiger charge is -2.17. The molecule has 0 spiro atoms. The quantitative estimate of drug-likeness (QED) is 0.675. The molecule has 8 nitrogen and oxygen atoms in total. The second-order valence-corrected chi connectivity index (χ2v) is 7.33. The summed E-state index contributed by atoms with van der Waals surface area (Å²) in [5.41, 5.74) is 2.13. The number of carbonyl (C=O) groups excluding carboxylic acids is 3. The van der Waals surface area contributed by atoms with E-state index in [4.69, 9.17) is 9.47 Å². The highest BCUT2D eigenvalue weighted by molar-refractivity contribution is 5.98. The largest absolute Gasteiger partial charge is 0.493 e. The molecule has 0 unspecified atom stereocenters. The molecule has 0 aromatic heterocycles. The standard InChI is InChI=1S/C23H27N3O5/c1-24-22(28)16-5-7-18(8-6-16)25-23(29)17-13-21(27)26(14-17)11-10-15-4-9-19(30-2)20(12-15)31-3/h4-9,12,17H,10-11,13-14H2,1-3H3,(H,24,28)(H,25,29)/t17-/m1/s1. The van der Waals surface area contributed by atoms with Gasteiger partial charge in [0.05, 0.1) is 20.1 Å². The van der Waals surface area contributed by atoms with Crippen molar-refractivity contribution < 1.29 is 23.9 Å². The summed E-state index contributed by atoms with van der Waals surface area (Å²) in [5, 5.41) is 5.38. The summed E-state index contributed by atoms with van der Waals surface area (Å²) in [4.78, 5) is 38.3. The Hall–Kier alpha value is -3.55. The van der Waals surface area contributed by atoms with Crippen LogP contribution in [0.25, 0.3) is 0 Å². The predicted molar refractivity (Wildman–Crippen MR) is 116 cm³/mol. The Morgan fingerprint density at radius 1 is 1.06 bits per heavy atom. The van der Waals surface area contributed by atoms with E-state index in [-0.39, 0.29) is 24.1 Å². The first-order valence-electron chi connectivity index (χ1n) is 10.1. The van der Waals surface area contributed by atoms with E-state index in [0.717, 1.165) is 5.56 Å². The number of hydrogen-bond donors (Lipinski definition) is 2. The number of anilines is 1. The Kier molecular flexibility index (Phi) is 7.12. The van der Waals surface area contributed by atoms with E-state index in [0.29, 0.717) is 42.3 Å². The maximum Gasteiger partial charge on any atom is 0.251 e. The van der Waals surface area contributed by atoms with Gasteiger partial charge >= 0.3 is 0 Å². The van der Waals surface area contributed by atoms with Gasteiger partial charge in [-0.25, -0.2) is 0 Å². The monoisotopic (exact) mass is 425 g/mol. The van der Waals surface area contributed by atoms with Gasteiger partial charge in [-0.2, -0.15) is 0 Å². The molecule has 1 fully saturated rings. The molecule has 31 heavy (non-hydrogen) atoms. The number of ether oxygens (including phenoxy) is 2. The minimum absolute atomic E-state index is 0.0319. The summed E-state index contributed by atoms with van der Waals surface area (Å²) < 4.78 is 10.6. The molecule has 1 atom stereocenters. The molecular formula is C23H27N3O5. The predicted octanol–water partition coefficient (Wildman–Crippen LogP) is 2.09. The Balaban J connectivity index is 1.54. The lowest BCUT2D eigenvalue weighted by Crippen LogP contribution is -2.30. The van der Waals surface area contributed by atoms with E-state index < -0.39 is 5.92 Å². The average Bonchev–Trinajstić information content (AvgIpc) is 3.18. The molecule has 1 saturated heterocycles. The number of benzene rings is 2. The zero-order valence-electron chi connectivity index (χ0n) is 17.9. The third-order valence-electron chi connectivity index (χ3n) is 5.35. The summed E-state index contributed by atoms with van der Waals surface area (Å²) in [6.45, 7) is 0.910. The molecule has 0 aliphatic carbocycles. The van der Waals surface area contributed by atoms with Gasteiger partial charge in [-0.05, 0) is 48.4 Å². The first kappa shape index (κ1) is 22.1. The van der Waals surface area contributed by atoms with E-state index in [1.807, 2.05) is 18.2 Å². The number of nitrogens with one attached hydrogen (secondary N) is 2. The molecule has 2 aromatic carbocycles. The van der Waals surface area contributed by atoms with E-state index in [1.54, 1.807) is 50.4 Å². The molecular weight excluding hydrogens is 398 g/mol. The van der Waals surface area contributed by atoms with Gasteiger partial charge < -0.3 is 25.0 Å². The molecule has 1 aliphatic heterocycles. The van der Waals surface area contributed by atoms with Crippen LogP contribution < -0.4 is 20.1 Å². The maximum absolute atomic E-state index is 12.6. The van der Waals surface area contributed by atoms with E-state index in [2.05, 4.69) is 10.6 Å². The number of nitrogens with zero attached hydrogens (tertiary/aromatic N) is 1. The van der Waals surface area contributed by atoms with Crippen molar-refractivity contribution >= 4 is 23.4 Å². The van der Waals surface area contributed by atoms with Crippen molar-refractivity contribution in [2.45, 2.75) is 12.8 Å². The van der Waals surface area contributed by atoms with E-state index in [9.17, 15) is 14.4 Å². The van der Waals surface area contributed by atoms with Crippen molar-refractivity contribution in [1.82, 2.24) is 10.2 Å². The number of amides is 3. The van der Waals surface area contributed by atoms with Crippen LogP contribution in [-0.4, -0.2) is 57.0 Å². The van der Waals surface area contributed by atoms with Gasteiger partial charge in [0.15, 0.2) is 11.5 Å². The molecule has 3 amide bonds. The summed E-state index contributed by atoms with van der Waals surface area (Å²) >= 11 is 0. The van der Waals surface area contributed by atoms with Crippen LogP contribution in [0.15, 0.2) is 42.5 Å². The molecule has 3 rings (SSSR count).